The molecule has 6 heteroatoms. The van der Waals surface area contributed by atoms with Gasteiger partial charge >= 0.3 is 0 Å². The third kappa shape index (κ3) is 7.04. The molecule has 3 heterocycles. The molecule has 0 fully saturated rings. The molecule has 0 bridgehead atoms. The second kappa shape index (κ2) is 17.5. The van der Waals surface area contributed by atoms with Crippen LogP contribution in [-0.2, 0) is 0 Å². The minimum Gasteiger partial charge on any atom is -0.455 e. The van der Waals surface area contributed by atoms with Crippen molar-refractivity contribution in [2.75, 3.05) is 0 Å². The van der Waals surface area contributed by atoms with Crippen molar-refractivity contribution in [2.45, 2.75) is 0 Å². The van der Waals surface area contributed by atoms with Gasteiger partial charge in [-0.1, -0.05) is 218 Å². The van der Waals surface area contributed by atoms with E-state index in [9.17, 15) is 0 Å². The molecule has 13 aromatic carbocycles. The van der Waals surface area contributed by atoms with Crippen LogP contribution in [0.4, 0.5) is 0 Å². The van der Waals surface area contributed by atoms with Crippen LogP contribution in [0.2, 0.25) is 0 Å². The molecule has 0 saturated heterocycles. The lowest BCUT2D eigenvalue weighted by Crippen LogP contribution is -2.01. The van der Waals surface area contributed by atoms with Crippen LogP contribution >= 0.6 is 0 Å². The molecule has 16 rings (SSSR count). The average Bonchev–Trinajstić information content (AvgIpc) is 4.33. The predicted molar refractivity (Wildman–Crippen MR) is 320 cm³/mol. The fraction of sp³-hybridized carbons (Fsp3) is 0. The Morgan fingerprint density at radius 3 is 1.22 bits per heavy atom. The van der Waals surface area contributed by atoms with Gasteiger partial charge in [0, 0.05) is 33.2 Å². The Morgan fingerprint density at radius 1 is 0.244 bits per heavy atom. The lowest BCUT2D eigenvalue weighted by atomic mass is 9.91. The van der Waals surface area contributed by atoms with Crippen LogP contribution in [0.15, 0.2) is 264 Å². The summed E-state index contributed by atoms with van der Waals surface area (Å²) < 4.78 is 13.1. The van der Waals surface area contributed by atoms with Crippen LogP contribution in [-0.4, -0.2) is 19.9 Å². The molecule has 362 valence electrons. The summed E-state index contributed by atoms with van der Waals surface area (Å²) in [4.78, 5) is 21.1. The largest absolute Gasteiger partial charge is 0.455 e. The van der Waals surface area contributed by atoms with Gasteiger partial charge in [-0.15, -0.1) is 0 Å². The summed E-state index contributed by atoms with van der Waals surface area (Å²) in [6, 6.07) is 89.5. The molecule has 0 radical (unpaired) electrons. The molecule has 6 nitrogen and oxygen atoms in total. The van der Waals surface area contributed by atoms with Crippen LogP contribution < -0.4 is 0 Å². The molecule has 16 aromatic rings. The number of oxazole rings is 1. The lowest BCUT2D eigenvalue weighted by molar-refractivity contribution is 0.619. The van der Waals surface area contributed by atoms with Gasteiger partial charge < -0.3 is 8.83 Å². The number of rotatable bonds is 7. The fourth-order valence-electron chi connectivity index (χ4n) is 11.8. The Kier molecular flexibility index (Phi) is 9.84. The van der Waals surface area contributed by atoms with Crippen molar-refractivity contribution in [2.24, 2.45) is 0 Å². The lowest BCUT2D eigenvalue weighted by Gasteiger charge is -2.15. The van der Waals surface area contributed by atoms with E-state index in [1.807, 2.05) is 48.5 Å². The van der Waals surface area contributed by atoms with Gasteiger partial charge in [0.15, 0.2) is 23.1 Å². The predicted octanol–water partition coefficient (Wildman–Crippen LogP) is 19.3. The minimum atomic E-state index is 0.583. The van der Waals surface area contributed by atoms with E-state index in [2.05, 4.69) is 206 Å². The quantitative estimate of drug-likeness (QED) is 0.148. The summed E-state index contributed by atoms with van der Waals surface area (Å²) in [5.74, 6) is 2.45. The number of para-hydroxylation sites is 1. The first-order valence-electron chi connectivity index (χ1n) is 26.3. The van der Waals surface area contributed by atoms with Gasteiger partial charge in [0.2, 0.25) is 5.89 Å². The summed E-state index contributed by atoms with van der Waals surface area (Å²) in [5, 5.41) is 13.5. The third-order valence-electron chi connectivity index (χ3n) is 15.6. The topological polar surface area (TPSA) is 77.8 Å². The van der Waals surface area contributed by atoms with E-state index in [1.165, 1.54) is 16.2 Å². The molecule has 0 spiro atoms. The molecular formula is C72H42N4O2. The average molecular weight is 995 g/mol. The van der Waals surface area contributed by atoms with Crippen LogP contribution in [0.3, 0.4) is 0 Å². The number of fused-ring (bicyclic) bond motifs is 12. The molecule has 0 aliphatic heterocycles. The fourth-order valence-corrected chi connectivity index (χ4v) is 11.8. The normalized spacial score (nSPS) is 11.8. The zero-order chi connectivity index (χ0) is 51.3. The zero-order valence-electron chi connectivity index (χ0n) is 41.9. The smallest absolute Gasteiger partial charge is 0.227 e. The molecule has 0 amide bonds. The van der Waals surface area contributed by atoms with Gasteiger partial charge in [-0.2, -0.15) is 0 Å². The van der Waals surface area contributed by atoms with Crippen molar-refractivity contribution in [3.8, 4) is 79.0 Å². The highest BCUT2D eigenvalue weighted by molar-refractivity contribution is 6.21. The minimum absolute atomic E-state index is 0.583. The number of benzene rings is 13. The van der Waals surface area contributed by atoms with E-state index in [0.717, 1.165) is 121 Å². The van der Waals surface area contributed by atoms with Crippen LogP contribution in [0, 0.1) is 0 Å². The van der Waals surface area contributed by atoms with E-state index in [4.69, 9.17) is 28.8 Å². The first kappa shape index (κ1) is 43.8. The molecule has 0 saturated carbocycles. The van der Waals surface area contributed by atoms with Gasteiger partial charge in [0.25, 0.3) is 0 Å². The molecule has 0 N–H and O–H groups in total. The monoisotopic (exact) mass is 994 g/mol. The van der Waals surface area contributed by atoms with E-state index in [-0.39, 0.29) is 0 Å². The zero-order valence-corrected chi connectivity index (χ0v) is 41.9. The summed E-state index contributed by atoms with van der Waals surface area (Å²) in [7, 11) is 0. The van der Waals surface area contributed by atoms with Crippen molar-refractivity contribution in [1.82, 2.24) is 19.9 Å². The first-order chi connectivity index (χ1) is 38.6. The highest BCUT2D eigenvalue weighted by Gasteiger charge is 2.23. The Hall–Kier alpha value is -10.6. The Balaban J connectivity index is 0.788. The Bertz CT molecular complexity index is 4940. The van der Waals surface area contributed by atoms with Crippen molar-refractivity contribution in [1.29, 1.82) is 0 Å². The summed E-state index contributed by atoms with van der Waals surface area (Å²) >= 11 is 0. The summed E-state index contributed by atoms with van der Waals surface area (Å²) in [6.45, 7) is 0. The molecule has 78 heavy (non-hydrogen) atoms. The number of furan rings is 1. The van der Waals surface area contributed by atoms with E-state index in [1.54, 1.807) is 0 Å². The Labute approximate surface area is 447 Å². The molecule has 0 aliphatic carbocycles. The highest BCUT2D eigenvalue weighted by Crippen LogP contribution is 2.44. The van der Waals surface area contributed by atoms with Crippen LogP contribution in [0.1, 0.15) is 0 Å². The second-order valence-electron chi connectivity index (χ2n) is 20.0. The third-order valence-corrected chi connectivity index (χ3v) is 15.6. The van der Waals surface area contributed by atoms with Crippen molar-refractivity contribution >= 4 is 86.9 Å². The van der Waals surface area contributed by atoms with Crippen molar-refractivity contribution in [3.05, 3.63) is 255 Å². The van der Waals surface area contributed by atoms with Crippen LogP contribution in [0.5, 0.6) is 0 Å². The molecule has 0 atom stereocenters. The van der Waals surface area contributed by atoms with Gasteiger partial charge in [-0.05, 0) is 118 Å². The maximum absolute atomic E-state index is 6.63. The number of nitrogens with zero attached hydrogens (tertiary/aromatic N) is 4. The van der Waals surface area contributed by atoms with E-state index >= 15 is 0 Å². The molecular weight excluding hydrogens is 953 g/mol. The van der Waals surface area contributed by atoms with Gasteiger partial charge in [0.1, 0.15) is 16.7 Å². The first-order valence-corrected chi connectivity index (χ1v) is 26.3. The maximum atomic E-state index is 6.63. The molecule has 0 aliphatic rings. The second-order valence-corrected chi connectivity index (χ2v) is 20.0. The molecule has 0 unspecified atom stereocenters. The van der Waals surface area contributed by atoms with Crippen LogP contribution in [0.25, 0.3) is 166 Å². The van der Waals surface area contributed by atoms with E-state index < -0.39 is 0 Å². The maximum Gasteiger partial charge on any atom is 0.227 e. The summed E-state index contributed by atoms with van der Waals surface area (Å²) in [5.41, 5.74) is 13.4. The summed E-state index contributed by atoms with van der Waals surface area (Å²) in [6.07, 6.45) is 0. The number of aromatic nitrogens is 4. The Morgan fingerprint density at radius 2 is 0.667 bits per heavy atom. The SMILES string of the molecule is c1ccc(-c2nc3c(cc(-c4ccc(-c5ccc(-c6ccc(-c7nc(-c8cc9ccccc9c9ccccc89)nc(-c8cc9ccccc9c9ccccc89)n7)cc6)c6ccccc56)cc4)c4oc5ccccc5c43)o2)cc1. The standard InChI is InChI=1S/C72H42N4O2/c1-2-16-47(17-3-1)72-73-67-65(78-72)42-61(68-66(67)60-28-14-15-29-64(60)77-68)45-32-30-43(31-33-45)52-38-39-53(57-25-9-8-24-56(52)57)44-34-36-46(37-35-44)69-74-70(62-40-48-18-4-6-20-50(48)54-22-10-12-26-58(54)62)76-71(75-69)63-41-49-19-5-7-21-51(49)55-23-11-13-27-59(55)63/h1-42H. The van der Waals surface area contributed by atoms with Crippen molar-refractivity contribution < 1.29 is 8.83 Å². The van der Waals surface area contributed by atoms with Gasteiger partial charge in [0.05, 0.1) is 5.39 Å². The van der Waals surface area contributed by atoms with Gasteiger partial charge in [-0.3, -0.25) is 0 Å². The number of hydrogen-bond donors (Lipinski definition) is 0. The van der Waals surface area contributed by atoms with E-state index in [0.29, 0.717) is 28.9 Å². The highest BCUT2D eigenvalue weighted by atomic mass is 16.4. The molecule has 3 aromatic heterocycles. The van der Waals surface area contributed by atoms with Gasteiger partial charge in [-0.25, -0.2) is 19.9 Å². The number of hydrogen-bond acceptors (Lipinski definition) is 6. The van der Waals surface area contributed by atoms with Crippen molar-refractivity contribution in [3.63, 3.8) is 0 Å².